The van der Waals surface area contributed by atoms with Crippen molar-refractivity contribution in [2.45, 2.75) is 25.6 Å². The molecule has 0 radical (unpaired) electrons. The Bertz CT molecular complexity index is 2230. The quantitative estimate of drug-likeness (QED) is 0.0485. The van der Waals surface area contributed by atoms with Crippen LogP contribution in [0.2, 0.25) is 0 Å². The van der Waals surface area contributed by atoms with Crippen LogP contribution in [0.3, 0.4) is 0 Å². The van der Waals surface area contributed by atoms with Gasteiger partial charge in [-0.2, -0.15) is 4.89 Å². The number of carboxylic acids is 1. The molecule has 0 aromatic heterocycles. The van der Waals surface area contributed by atoms with E-state index in [4.69, 9.17) is 24.5 Å². The maximum absolute atomic E-state index is 13.3. The lowest BCUT2D eigenvalue weighted by atomic mass is 9.76. The molecule has 6 rings (SSSR count). The second-order valence-corrected chi connectivity index (χ2v) is 12.5. The van der Waals surface area contributed by atoms with Crippen molar-refractivity contribution in [1.29, 1.82) is 0 Å². The number of carbonyl (C=O) groups excluding carboxylic acids is 2. The van der Waals surface area contributed by atoms with Gasteiger partial charge in [0.25, 0.3) is 0 Å². The normalized spacial score (nSPS) is 12.0. The molecule has 0 spiro atoms. The van der Waals surface area contributed by atoms with Gasteiger partial charge in [0.1, 0.15) is 24.4 Å². The van der Waals surface area contributed by atoms with Gasteiger partial charge in [0.05, 0.1) is 18.2 Å². The maximum atomic E-state index is 13.3. The minimum Gasteiger partial charge on any atom is -0.478 e. The number of carbonyl (C=O) groups is 3. The van der Waals surface area contributed by atoms with Gasteiger partial charge < -0.3 is 19.5 Å². The van der Waals surface area contributed by atoms with Crippen LogP contribution in [0.15, 0.2) is 146 Å². The molecule has 6 aromatic carbocycles. The summed E-state index contributed by atoms with van der Waals surface area (Å²) in [7, 11) is 1.30. The van der Waals surface area contributed by atoms with Crippen molar-refractivity contribution in [3.63, 3.8) is 0 Å². The molecule has 10 heteroatoms. The number of rotatable bonds is 14. The lowest BCUT2D eigenvalue weighted by Gasteiger charge is -2.28. The molecular weight excluding hydrogens is 688 g/mol. The first kappa shape index (κ1) is 37.2. The van der Waals surface area contributed by atoms with Gasteiger partial charge in [-0.15, -0.1) is 0 Å². The van der Waals surface area contributed by atoms with Crippen LogP contribution in [0.4, 0.5) is 0 Å². The third-order valence-corrected chi connectivity index (χ3v) is 9.15. The number of methoxy groups -OCH3 is 1. The third kappa shape index (κ3) is 8.22. The van der Waals surface area contributed by atoms with E-state index in [0.717, 1.165) is 27.8 Å². The van der Waals surface area contributed by atoms with Crippen LogP contribution in [0.5, 0.6) is 11.5 Å². The molecule has 1 atom stereocenters. The first-order chi connectivity index (χ1) is 26.2. The molecule has 0 fully saturated rings. The van der Waals surface area contributed by atoms with Gasteiger partial charge in [0.15, 0.2) is 5.75 Å². The fourth-order valence-electron chi connectivity index (χ4n) is 6.12. The summed E-state index contributed by atoms with van der Waals surface area (Å²) in [6, 6.07) is 42.4. The second-order valence-electron chi connectivity index (χ2n) is 12.5. The van der Waals surface area contributed by atoms with E-state index >= 15 is 0 Å². The molecule has 0 amide bonds. The zero-order chi connectivity index (χ0) is 38.1. The Hall–Kier alpha value is -6.59. The molecule has 0 heterocycles. The number of ether oxygens (including phenoxy) is 2. The molecule has 0 aliphatic carbocycles. The molecule has 272 valence electrons. The minimum atomic E-state index is -1.26. The van der Waals surface area contributed by atoms with E-state index in [1.54, 1.807) is 49.4 Å². The first-order valence-electron chi connectivity index (χ1n) is 16.9. The number of carboxylic acid groups (broad SMARTS) is 1. The highest BCUT2D eigenvalue weighted by Crippen LogP contribution is 2.36. The largest absolute Gasteiger partial charge is 0.478 e. The smallest absolute Gasteiger partial charge is 0.344 e. The first-order valence-corrected chi connectivity index (χ1v) is 16.9. The summed E-state index contributed by atoms with van der Waals surface area (Å²) in [5.74, 6) is -2.09. The van der Waals surface area contributed by atoms with E-state index in [-0.39, 0.29) is 30.1 Å². The van der Waals surface area contributed by atoms with E-state index in [1.807, 2.05) is 78.9 Å². The lowest BCUT2D eigenvalue weighted by molar-refractivity contribution is -0.253. The van der Waals surface area contributed by atoms with Gasteiger partial charge >= 0.3 is 17.9 Å². The fraction of sp³-hybridized carbons (Fsp3) is 0.114. The maximum Gasteiger partial charge on any atom is 0.344 e. The van der Waals surface area contributed by atoms with Crippen LogP contribution in [-0.4, -0.2) is 35.4 Å². The van der Waals surface area contributed by atoms with Crippen molar-refractivity contribution >= 4 is 17.9 Å². The predicted octanol–water partition coefficient (Wildman–Crippen LogP) is 8.92. The van der Waals surface area contributed by atoms with Crippen LogP contribution in [0, 0.1) is 0 Å². The number of aromatic carboxylic acids is 1. The van der Waals surface area contributed by atoms with Crippen LogP contribution in [0.25, 0.3) is 22.3 Å². The lowest BCUT2D eigenvalue weighted by Crippen LogP contribution is -2.35. The van der Waals surface area contributed by atoms with Crippen molar-refractivity contribution in [2.24, 2.45) is 0 Å². The van der Waals surface area contributed by atoms with E-state index < -0.39 is 23.3 Å². The Labute approximate surface area is 311 Å². The number of hydrogen-bond donors (Lipinski definition) is 2. The molecule has 0 aliphatic heterocycles. The molecular formula is C44H36O10. The second kappa shape index (κ2) is 16.8. The minimum absolute atomic E-state index is 0.0295. The van der Waals surface area contributed by atoms with Gasteiger partial charge in [0.2, 0.25) is 0 Å². The Balaban J connectivity index is 1.14. The molecule has 6 aromatic rings. The van der Waals surface area contributed by atoms with Crippen LogP contribution in [-0.2, 0) is 37.9 Å². The van der Waals surface area contributed by atoms with Gasteiger partial charge in [-0.3, -0.25) is 10.1 Å². The van der Waals surface area contributed by atoms with Crippen molar-refractivity contribution in [3.8, 4) is 33.8 Å². The zero-order valence-electron chi connectivity index (χ0n) is 29.4. The summed E-state index contributed by atoms with van der Waals surface area (Å²) < 4.78 is 10.8. The van der Waals surface area contributed by atoms with E-state index in [2.05, 4.69) is 4.89 Å². The molecule has 54 heavy (non-hydrogen) atoms. The SMILES string of the molecule is COC(=O)C(C)(c1ccc(OOCc2ccc(-c3ccccc3)cc2COO)cc1)c1ccc(OC(=O)c2ccc(-c3ccccc3)cc2C(=O)O)cc1. The van der Waals surface area contributed by atoms with Crippen molar-refractivity contribution in [1.82, 2.24) is 0 Å². The summed E-state index contributed by atoms with van der Waals surface area (Å²) in [6.45, 7) is 1.75. The average Bonchev–Trinajstić information content (AvgIpc) is 3.21. The van der Waals surface area contributed by atoms with Gasteiger partial charge in [-0.1, -0.05) is 103 Å². The molecule has 2 N–H and O–H groups in total. The highest BCUT2D eigenvalue weighted by Gasteiger charge is 2.38. The number of esters is 2. The Morgan fingerprint density at radius 1 is 0.593 bits per heavy atom. The highest BCUT2D eigenvalue weighted by atomic mass is 17.2. The topological polar surface area (TPSA) is 138 Å². The molecule has 0 saturated heterocycles. The molecule has 0 aliphatic rings. The van der Waals surface area contributed by atoms with Crippen molar-refractivity contribution in [2.75, 3.05) is 7.11 Å². The Kier molecular flexibility index (Phi) is 11.6. The van der Waals surface area contributed by atoms with E-state index in [1.165, 1.54) is 31.4 Å². The third-order valence-electron chi connectivity index (χ3n) is 9.15. The van der Waals surface area contributed by atoms with Crippen molar-refractivity contribution < 1.29 is 48.9 Å². The van der Waals surface area contributed by atoms with Gasteiger partial charge in [0, 0.05) is 0 Å². The molecule has 10 nitrogen and oxygen atoms in total. The van der Waals surface area contributed by atoms with Crippen LogP contribution < -0.4 is 9.62 Å². The standard InChI is InChI=1S/C44H36O10/c1-44(43(48)50-2,35-16-20-37(21-17-35)53-42(47)39-24-15-32(26-40(39)41(45)46)30-11-7-4-8-12-30)36-18-22-38(23-19-36)54-52-28-33-14-13-31(25-34(33)27-51-49)29-9-5-3-6-10-29/h3-26,49H,27-28H2,1-2H3,(H,45,46). The monoisotopic (exact) mass is 724 g/mol. The summed E-state index contributed by atoms with van der Waals surface area (Å²) in [5, 5.41) is 19.0. The zero-order valence-corrected chi connectivity index (χ0v) is 29.4. The highest BCUT2D eigenvalue weighted by molar-refractivity contribution is 6.04. The molecule has 0 saturated carbocycles. The molecule has 1 unspecified atom stereocenters. The van der Waals surface area contributed by atoms with E-state index in [0.29, 0.717) is 22.4 Å². The van der Waals surface area contributed by atoms with Crippen molar-refractivity contribution in [3.05, 3.63) is 179 Å². The van der Waals surface area contributed by atoms with Crippen LogP contribution >= 0.6 is 0 Å². The summed E-state index contributed by atoms with van der Waals surface area (Å²) in [4.78, 5) is 54.0. The fourth-order valence-corrected chi connectivity index (χ4v) is 6.12. The average molecular weight is 725 g/mol. The number of hydrogen-bond acceptors (Lipinski definition) is 9. The van der Waals surface area contributed by atoms with E-state index in [9.17, 15) is 19.5 Å². The summed E-state index contributed by atoms with van der Waals surface area (Å²) in [6.07, 6.45) is 0. The Morgan fingerprint density at radius 2 is 1.15 bits per heavy atom. The Morgan fingerprint density at radius 3 is 1.70 bits per heavy atom. The summed E-state index contributed by atoms with van der Waals surface area (Å²) >= 11 is 0. The summed E-state index contributed by atoms with van der Waals surface area (Å²) in [5.41, 5.74) is 4.53. The number of benzene rings is 6. The molecule has 0 bridgehead atoms. The van der Waals surface area contributed by atoms with Crippen LogP contribution in [0.1, 0.15) is 49.9 Å². The van der Waals surface area contributed by atoms with Gasteiger partial charge in [-0.05, 0) is 93.9 Å². The van der Waals surface area contributed by atoms with Gasteiger partial charge in [-0.25, -0.2) is 14.5 Å². The predicted molar refractivity (Wildman–Crippen MR) is 200 cm³/mol.